The topological polar surface area (TPSA) is 58.6 Å². The molecule has 1 rings (SSSR count). The average molecular weight is 251 g/mol. The molecule has 0 saturated carbocycles. The van der Waals surface area contributed by atoms with Crippen LogP contribution in [0.25, 0.3) is 0 Å². The Morgan fingerprint density at radius 3 is 2.44 bits per heavy atom. The van der Waals surface area contributed by atoms with Crippen molar-refractivity contribution in [2.24, 2.45) is 0 Å². The molecule has 1 aromatic rings. The van der Waals surface area contributed by atoms with Gasteiger partial charge in [0.15, 0.2) is 0 Å². The highest BCUT2D eigenvalue weighted by Crippen LogP contribution is 2.16. The van der Waals surface area contributed by atoms with Gasteiger partial charge in [-0.2, -0.15) is 0 Å². The van der Waals surface area contributed by atoms with E-state index in [1.165, 1.54) is 0 Å². The highest BCUT2D eigenvalue weighted by atomic mass is 16.5. The van der Waals surface area contributed by atoms with Gasteiger partial charge in [0.05, 0.1) is 12.5 Å². The van der Waals surface area contributed by atoms with E-state index in [0.717, 1.165) is 17.7 Å². The predicted molar refractivity (Wildman–Crippen MR) is 70.7 cm³/mol. The van der Waals surface area contributed by atoms with Gasteiger partial charge in [-0.05, 0) is 25.0 Å². The largest absolute Gasteiger partial charge is 0.481 e. The summed E-state index contributed by atoms with van der Waals surface area (Å²) in [7, 11) is 1.68. The first kappa shape index (κ1) is 14.7. The molecule has 100 valence electrons. The number of benzene rings is 1. The van der Waals surface area contributed by atoms with Gasteiger partial charge < -0.3 is 15.2 Å². The van der Waals surface area contributed by atoms with Crippen LogP contribution in [0.5, 0.6) is 0 Å². The SMILES string of the molecule is COCC(C)NCc1ccc(C(C)C(=O)O)cc1. The number of aliphatic carboxylic acids is 1. The van der Waals surface area contributed by atoms with Crippen LogP contribution in [0.1, 0.15) is 30.9 Å². The fourth-order valence-electron chi connectivity index (χ4n) is 1.67. The van der Waals surface area contributed by atoms with E-state index in [9.17, 15) is 4.79 Å². The summed E-state index contributed by atoms with van der Waals surface area (Å²) >= 11 is 0. The molecule has 4 nitrogen and oxygen atoms in total. The van der Waals surface area contributed by atoms with E-state index in [-0.39, 0.29) is 0 Å². The van der Waals surface area contributed by atoms with Crippen molar-refractivity contribution in [2.75, 3.05) is 13.7 Å². The molecule has 2 atom stereocenters. The number of hydrogen-bond donors (Lipinski definition) is 2. The average Bonchev–Trinajstić information content (AvgIpc) is 2.36. The van der Waals surface area contributed by atoms with E-state index in [1.54, 1.807) is 14.0 Å². The van der Waals surface area contributed by atoms with E-state index >= 15 is 0 Å². The zero-order chi connectivity index (χ0) is 13.5. The van der Waals surface area contributed by atoms with Crippen molar-refractivity contribution in [1.29, 1.82) is 0 Å². The number of ether oxygens (including phenoxy) is 1. The third-order valence-corrected chi connectivity index (χ3v) is 2.92. The zero-order valence-corrected chi connectivity index (χ0v) is 11.1. The lowest BCUT2D eigenvalue weighted by molar-refractivity contribution is -0.138. The molecule has 2 N–H and O–H groups in total. The van der Waals surface area contributed by atoms with E-state index in [1.807, 2.05) is 24.3 Å². The first-order valence-corrected chi connectivity index (χ1v) is 6.08. The van der Waals surface area contributed by atoms with Crippen LogP contribution in [0.4, 0.5) is 0 Å². The summed E-state index contributed by atoms with van der Waals surface area (Å²) in [5.41, 5.74) is 1.97. The third-order valence-electron chi connectivity index (χ3n) is 2.92. The van der Waals surface area contributed by atoms with Crippen LogP contribution in [0.3, 0.4) is 0 Å². The van der Waals surface area contributed by atoms with E-state index in [4.69, 9.17) is 9.84 Å². The van der Waals surface area contributed by atoms with Gasteiger partial charge in [-0.15, -0.1) is 0 Å². The van der Waals surface area contributed by atoms with Crippen molar-refractivity contribution in [3.63, 3.8) is 0 Å². The minimum absolute atomic E-state index is 0.299. The first-order valence-electron chi connectivity index (χ1n) is 6.08. The Morgan fingerprint density at radius 2 is 1.94 bits per heavy atom. The van der Waals surface area contributed by atoms with Gasteiger partial charge in [-0.1, -0.05) is 24.3 Å². The minimum Gasteiger partial charge on any atom is -0.481 e. The molecular weight excluding hydrogens is 230 g/mol. The summed E-state index contributed by atoms with van der Waals surface area (Å²) in [5, 5.41) is 12.2. The Bertz CT molecular complexity index is 375. The lowest BCUT2D eigenvalue weighted by atomic mass is 10.00. The van der Waals surface area contributed by atoms with Gasteiger partial charge in [0.1, 0.15) is 0 Å². The molecule has 18 heavy (non-hydrogen) atoms. The van der Waals surface area contributed by atoms with E-state index in [0.29, 0.717) is 12.6 Å². The summed E-state index contributed by atoms with van der Waals surface area (Å²) in [6.07, 6.45) is 0. The Balaban J connectivity index is 2.53. The summed E-state index contributed by atoms with van der Waals surface area (Å²) in [4.78, 5) is 10.8. The standard InChI is InChI=1S/C14H21NO3/c1-10(9-18-3)15-8-12-4-6-13(7-5-12)11(2)14(16)17/h4-7,10-11,15H,8-9H2,1-3H3,(H,16,17). The van der Waals surface area contributed by atoms with Crippen LogP contribution in [0, 0.1) is 0 Å². The molecule has 0 aromatic heterocycles. The van der Waals surface area contributed by atoms with Crippen LogP contribution in [-0.2, 0) is 16.1 Å². The minimum atomic E-state index is -0.797. The molecule has 1 aromatic carbocycles. The molecule has 4 heteroatoms. The van der Waals surface area contributed by atoms with Crippen LogP contribution in [0.2, 0.25) is 0 Å². The second-order valence-electron chi connectivity index (χ2n) is 4.54. The quantitative estimate of drug-likeness (QED) is 0.778. The summed E-state index contributed by atoms with van der Waals surface area (Å²) < 4.78 is 5.04. The Hall–Kier alpha value is -1.39. The van der Waals surface area contributed by atoms with Crippen LogP contribution < -0.4 is 5.32 Å². The molecule has 2 unspecified atom stereocenters. The van der Waals surface area contributed by atoms with Gasteiger partial charge >= 0.3 is 5.97 Å². The number of rotatable bonds is 7. The molecule has 0 saturated heterocycles. The number of carboxylic acids is 1. The van der Waals surface area contributed by atoms with E-state index < -0.39 is 11.9 Å². The summed E-state index contributed by atoms with van der Waals surface area (Å²) in [5.74, 6) is -1.26. The number of nitrogens with one attached hydrogen (secondary N) is 1. The van der Waals surface area contributed by atoms with E-state index in [2.05, 4.69) is 12.2 Å². The highest BCUT2D eigenvalue weighted by molar-refractivity contribution is 5.75. The number of hydrogen-bond acceptors (Lipinski definition) is 3. The molecule has 0 fully saturated rings. The predicted octanol–water partition coefficient (Wildman–Crippen LogP) is 2.00. The fourth-order valence-corrected chi connectivity index (χ4v) is 1.67. The fraction of sp³-hybridized carbons (Fsp3) is 0.500. The maximum Gasteiger partial charge on any atom is 0.310 e. The summed E-state index contributed by atoms with van der Waals surface area (Å²) in [6.45, 7) is 5.18. The molecule has 0 spiro atoms. The number of carboxylic acid groups (broad SMARTS) is 1. The Kier molecular flexibility index (Phi) is 5.82. The number of methoxy groups -OCH3 is 1. The molecule has 0 aliphatic heterocycles. The lowest BCUT2D eigenvalue weighted by Gasteiger charge is -2.13. The van der Waals surface area contributed by atoms with Crippen LogP contribution in [0.15, 0.2) is 24.3 Å². The highest BCUT2D eigenvalue weighted by Gasteiger charge is 2.12. The second kappa shape index (κ2) is 7.13. The zero-order valence-electron chi connectivity index (χ0n) is 11.1. The maximum absolute atomic E-state index is 10.8. The summed E-state index contributed by atoms with van der Waals surface area (Å²) in [6, 6.07) is 7.96. The molecule has 0 bridgehead atoms. The van der Waals surface area contributed by atoms with Crippen molar-refractivity contribution < 1.29 is 14.6 Å². The molecular formula is C14H21NO3. The molecule has 0 aliphatic carbocycles. The van der Waals surface area contributed by atoms with Gasteiger partial charge in [0.25, 0.3) is 0 Å². The third kappa shape index (κ3) is 4.47. The van der Waals surface area contributed by atoms with Crippen molar-refractivity contribution in [3.8, 4) is 0 Å². The van der Waals surface area contributed by atoms with Gasteiger partial charge in [-0.3, -0.25) is 4.79 Å². The van der Waals surface area contributed by atoms with Gasteiger partial charge in [-0.25, -0.2) is 0 Å². The van der Waals surface area contributed by atoms with Crippen molar-refractivity contribution in [3.05, 3.63) is 35.4 Å². The molecule has 0 amide bonds. The lowest BCUT2D eigenvalue weighted by Crippen LogP contribution is -2.29. The number of carbonyl (C=O) groups is 1. The monoisotopic (exact) mass is 251 g/mol. The van der Waals surface area contributed by atoms with Crippen molar-refractivity contribution >= 4 is 5.97 Å². The van der Waals surface area contributed by atoms with Crippen molar-refractivity contribution in [1.82, 2.24) is 5.32 Å². The molecule has 0 aliphatic rings. The van der Waals surface area contributed by atoms with Crippen molar-refractivity contribution in [2.45, 2.75) is 32.4 Å². The normalized spacial score (nSPS) is 14.2. The van der Waals surface area contributed by atoms with Crippen LogP contribution in [-0.4, -0.2) is 30.8 Å². The molecule has 0 radical (unpaired) electrons. The van der Waals surface area contributed by atoms with Gasteiger partial charge in [0, 0.05) is 19.7 Å². The first-order chi connectivity index (χ1) is 8.54. The molecule has 0 heterocycles. The maximum atomic E-state index is 10.8. The van der Waals surface area contributed by atoms with Crippen LogP contribution >= 0.6 is 0 Å². The Labute approximate surface area is 108 Å². The Morgan fingerprint density at radius 1 is 1.33 bits per heavy atom. The van der Waals surface area contributed by atoms with Gasteiger partial charge in [0.2, 0.25) is 0 Å². The second-order valence-corrected chi connectivity index (χ2v) is 4.54. The smallest absolute Gasteiger partial charge is 0.310 e.